The Morgan fingerprint density at radius 1 is 1.44 bits per heavy atom. The van der Waals surface area contributed by atoms with E-state index < -0.39 is 0 Å². The monoisotopic (exact) mass is 262 g/mol. The average Bonchev–Trinajstić information content (AvgIpc) is 2.23. The molecule has 16 heavy (non-hydrogen) atoms. The fourth-order valence-corrected chi connectivity index (χ4v) is 1.88. The maximum atomic E-state index is 11.7. The van der Waals surface area contributed by atoms with Crippen molar-refractivity contribution in [1.82, 2.24) is 10.8 Å². The van der Waals surface area contributed by atoms with Crippen LogP contribution in [0.25, 0.3) is 0 Å². The molecule has 0 saturated carbocycles. The summed E-state index contributed by atoms with van der Waals surface area (Å²) in [4.78, 5) is 11.7. The van der Waals surface area contributed by atoms with Gasteiger partial charge in [0.2, 0.25) is 0 Å². The molecular formula is C10H12Cl2N2O2. The van der Waals surface area contributed by atoms with Crippen LogP contribution in [0.3, 0.4) is 0 Å². The Labute approximate surface area is 104 Å². The zero-order chi connectivity index (χ0) is 12.1. The van der Waals surface area contributed by atoms with Crippen molar-refractivity contribution in [1.29, 1.82) is 0 Å². The van der Waals surface area contributed by atoms with Crippen molar-refractivity contribution in [3.05, 3.63) is 33.3 Å². The van der Waals surface area contributed by atoms with Gasteiger partial charge >= 0.3 is 0 Å². The summed E-state index contributed by atoms with van der Waals surface area (Å²) in [7, 11) is 0. The van der Waals surface area contributed by atoms with Gasteiger partial charge in [-0.3, -0.25) is 4.79 Å². The van der Waals surface area contributed by atoms with Gasteiger partial charge in [-0.2, -0.15) is 0 Å². The Morgan fingerprint density at radius 3 is 2.69 bits per heavy atom. The molecule has 0 radical (unpaired) electrons. The minimum absolute atomic E-state index is 0.155. The first-order valence-electron chi connectivity index (χ1n) is 4.73. The quantitative estimate of drug-likeness (QED) is 0.730. The lowest BCUT2D eigenvalue weighted by molar-refractivity contribution is 0.0955. The third-order valence-corrected chi connectivity index (χ3v) is 2.75. The molecule has 0 heterocycles. The maximum absolute atomic E-state index is 11.7. The number of hydrogen-bond acceptors (Lipinski definition) is 3. The first kappa shape index (κ1) is 13.3. The predicted octanol–water partition coefficient (Wildman–Crippen LogP) is 2.22. The minimum Gasteiger partial charge on any atom is -0.352 e. The van der Waals surface area contributed by atoms with Gasteiger partial charge in [0.1, 0.15) is 0 Å². The number of benzene rings is 1. The Hall–Kier alpha value is -0.810. The van der Waals surface area contributed by atoms with Gasteiger partial charge in [0.25, 0.3) is 5.91 Å². The van der Waals surface area contributed by atoms with E-state index in [9.17, 15) is 4.79 Å². The zero-order valence-electron chi connectivity index (χ0n) is 8.68. The summed E-state index contributed by atoms with van der Waals surface area (Å²) in [5.41, 5.74) is 2.82. The molecule has 6 heteroatoms. The molecule has 0 aliphatic heterocycles. The Balaban J connectivity index is 3.15. The molecule has 88 valence electrons. The van der Waals surface area contributed by atoms with Crippen LogP contribution in [0.15, 0.2) is 12.1 Å². The van der Waals surface area contributed by atoms with Gasteiger partial charge in [-0.25, -0.2) is 5.48 Å². The summed E-state index contributed by atoms with van der Waals surface area (Å²) >= 11 is 11.9. The van der Waals surface area contributed by atoms with Crippen LogP contribution in [-0.4, -0.2) is 17.7 Å². The SMILES string of the molecule is CCNC(=O)c1c(Cl)ccc(CNO)c1Cl. The molecule has 0 saturated heterocycles. The van der Waals surface area contributed by atoms with Crippen LogP contribution in [0.2, 0.25) is 10.0 Å². The van der Waals surface area contributed by atoms with Gasteiger partial charge in [0.05, 0.1) is 15.6 Å². The fraction of sp³-hybridized carbons (Fsp3) is 0.300. The van der Waals surface area contributed by atoms with E-state index in [0.717, 1.165) is 0 Å². The highest BCUT2D eigenvalue weighted by molar-refractivity contribution is 6.40. The molecule has 1 amide bonds. The van der Waals surface area contributed by atoms with E-state index in [1.165, 1.54) is 0 Å². The number of carbonyl (C=O) groups is 1. The van der Waals surface area contributed by atoms with E-state index in [0.29, 0.717) is 12.1 Å². The van der Waals surface area contributed by atoms with Crippen LogP contribution in [0, 0.1) is 0 Å². The van der Waals surface area contributed by atoms with Crippen LogP contribution < -0.4 is 10.8 Å². The van der Waals surface area contributed by atoms with E-state index in [2.05, 4.69) is 5.32 Å². The van der Waals surface area contributed by atoms with Crippen LogP contribution in [-0.2, 0) is 6.54 Å². The van der Waals surface area contributed by atoms with Gasteiger partial charge in [0.15, 0.2) is 0 Å². The molecule has 0 aliphatic rings. The lowest BCUT2D eigenvalue weighted by Gasteiger charge is -2.10. The number of carbonyl (C=O) groups excluding carboxylic acids is 1. The summed E-state index contributed by atoms with van der Waals surface area (Å²) in [6.45, 7) is 2.45. The van der Waals surface area contributed by atoms with E-state index in [1.807, 2.05) is 5.48 Å². The van der Waals surface area contributed by atoms with Gasteiger partial charge in [-0.05, 0) is 18.6 Å². The molecule has 1 rings (SSSR count). The summed E-state index contributed by atoms with van der Waals surface area (Å²) in [6, 6.07) is 3.22. The smallest absolute Gasteiger partial charge is 0.254 e. The van der Waals surface area contributed by atoms with Crippen LogP contribution in [0.4, 0.5) is 0 Å². The lowest BCUT2D eigenvalue weighted by Crippen LogP contribution is -2.24. The number of rotatable bonds is 4. The van der Waals surface area contributed by atoms with E-state index in [4.69, 9.17) is 28.4 Å². The standard InChI is InChI=1S/C10H12Cl2N2O2/c1-2-13-10(15)8-7(11)4-3-6(5-14-16)9(8)12/h3-4,14,16H,2,5H2,1H3,(H,13,15). The number of hydrogen-bond donors (Lipinski definition) is 3. The zero-order valence-corrected chi connectivity index (χ0v) is 10.2. The molecule has 0 aliphatic carbocycles. The van der Waals surface area contributed by atoms with E-state index in [-0.39, 0.29) is 28.1 Å². The van der Waals surface area contributed by atoms with Gasteiger partial charge in [-0.1, -0.05) is 29.3 Å². The molecule has 3 N–H and O–H groups in total. The molecular weight excluding hydrogens is 251 g/mol. The van der Waals surface area contributed by atoms with Crippen molar-refractivity contribution in [2.24, 2.45) is 0 Å². The number of halogens is 2. The molecule has 1 aromatic rings. The normalized spacial score (nSPS) is 10.2. The van der Waals surface area contributed by atoms with E-state index >= 15 is 0 Å². The fourth-order valence-electron chi connectivity index (χ4n) is 1.27. The van der Waals surface area contributed by atoms with Gasteiger partial charge in [-0.15, -0.1) is 0 Å². The molecule has 0 aromatic heterocycles. The predicted molar refractivity (Wildman–Crippen MR) is 63.1 cm³/mol. The topological polar surface area (TPSA) is 61.4 Å². The van der Waals surface area contributed by atoms with Crippen molar-refractivity contribution in [3.63, 3.8) is 0 Å². The van der Waals surface area contributed by atoms with Crippen molar-refractivity contribution < 1.29 is 10.0 Å². The maximum Gasteiger partial charge on any atom is 0.254 e. The van der Waals surface area contributed by atoms with Crippen molar-refractivity contribution in [2.45, 2.75) is 13.5 Å². The summed E-state index contributed by atoms with van der Waals surface area (Å²) in [6.07, 6.45) is 0. The Bertz CT molecular complexity index is 397. The van der Waals surface area contributed by atoms with Crippen LogP contribution >= 0.6 is 23.2 Å². The van der Waals surface area contributed by atoms with Crippen molar-refractivity contribution >= 4 is 29.1 Å². The lowest BCUT2D eigenvalue weighted by atomic mass is 10.1. The molecule has 0 unspecified atom stereocenters. The van der Waals surface area contributed by atoms with Gasteiger partial charge in [0, 0.05) is 13.1 Å². The van der Waals surface area contributed by atoms with Crippen LogP contribution in [0.5, 0.6) is 0 Å². The molecule has 0 atom stereocenters. The molecule has 0 spiro atoms. The largest absolute Gasteiger partial charge is 0.352 e. The van der Waals surface area contributed by atoms with Gasteiger partial charge < -0.3 is 10.5 Å². The molecule has 4 nitrogen and oxygen atoms in total. The second-order valence-electron chi connectivity index (χ2n) is 3.09. The number of nitrogens with one attached hydrogen (secondary N) is 2. The molecule has 0 fully saturated rings. The van der Waals surface area contributed by atoms with Crippen molar-refractivity contribution in [2.75, 3.05) is 6.54 Å². The molecule has 0 bridgehead atoms. The van der Waals surface area contributed by atoms with Crippen LogP contribution in [0.1, 0.15) is 22.8 Å². The third kappa shape index (κ3) is 2.86. The Morgan fingerprint density at radius 2 is 2.12 bits per heavy atom. The second kappa shape index (κ2) is 6.06. The first-order chi connectivity index (χ1) is 7.61. The summed E-state index contributed by atoms with van der Waals surface area (Å²) in [5, 5.41) is 11.8. The third-order valence-electron chi connectivity index (χ3n) is 2.00. The summed E-state index contributed by atoms with van der Waals surface area (Å²) < 4.78 is 0. The Kier molecular flexibility index (Phi) is 5.02. The highest BCUT2D eigenvalue weighted by Crippen LogP contribution is 2.28. The first-order valence-corrected chi connectivity index (χ1v) is 5.49. The second-order valence-corrected chi connectivity index (χ2v) is 3.88. The van der Waals surface area contributed by atoms with Crippen molar-refractivity contribution in [3.8, 4) is 0 Å². The summed E-state index contributed by atoms with van der Waals surface area (Å²) in [5.74, 6) is -0.322. The van der Waals surface area contributed by atoms with E-state index in [1.54, 1.807) is 19.1 Å². The minimum atomic E-state index is -0.322. The highest BCUT2D eigenvalue weighted by Gasteiger charge is 2.16. The molecule has 1 aromatic carbocycles. The average molecular weight is 263 g/mol. The number of hydroxylamine groups is 1. The number of amides is 1. The highest BCUT2D eigenvalue weighted by atomic mass is 35.5.